The standard InChI is InChI=1S/C13H26O3S/c1-8(2)14-7-11-12(15-9(3)4)13(17-6)10(5)16-11/h8-13H,7H2,1-6H3/t10-,11+,12+,13-/m0/s1. The van der Waals surface area contributed by atoms with Crippen LogP contribution in [-0.2, 0) is 14.2 Å². The van der Waals surface area contributed by atoms with Gasteiger partial charge < -0.3 is 14.2 Å². The summed E-state index contributed by atoms with van der Waals surface area (Å²) in [7, 11) is 0. The van der Waals surface area contributed by atoms with E-state index in [-0.39, 0.29) is 30.5 Å². The molecule has 1 rings (SSSR count). The van der Waals surface area contributed by atoms with Gasteiger partial charge >= 0.3 is 0 Å². The van der Waals surface area contributed by atoms with E-state index in [4.69, 9.17) is 14.2 Å². The summed E-state index contributed by atoms with van der Waals surface area (Å²) in [6, 6.07) is 0. The van der Waals surface area contributed by atoms with Crippen LogP contribution in [0, 0.1) is 0 Å². The minimum Gasteiger partial charge on any atom is -0.376 e. The van der Waals surface area contributed by atoms with E-state index in [0.717, 1.165) is 0 Å². The third-order valence-electron chi connectivity index (χ3n) is 2.84. The predicted molar refractivity (Wildman–Crippen MR) is 72.7 cm³/mol. The molecular weight excluding hydrogens is 236 g/mol. The first kappa shape index (κ1) is 15.3. The minimum atomic E-state index is 0.0623. The Morgan fingerprint density at radius 2 is 1.82 bits per heavy atom. The van der Waals surface area contributed by atoms with Crippen LogP contribution in [0.5, 0.6) is 0 Å². The molecule has 1 fully saturated rings. The fourth-order valence-electron chi connectivity index (χ4n) is 2.14. The molecule has 0 aliphatic carbocycles. The van der Waals surface area contributed by atoms with Gasteiger partial charge in [0.05, 0.1) is 30.2 Å². The van der Waals surface area contributed by atoms with Gasteiger partial charge in [-0.2, -0.15) is 11.8 Å². The molecule has 4 heteroatoms. The average molecular weight is 262 g/mol. The Bertz CT molecular complexity index is 221. The molecule has 0 aromatic carbocycles. The van der Waals surface area contributed by atoms with Crippen LogP contribution in [0.3, 0.4) is 0 Å². The van der Waals surface area contributed by atoms with Gasteiger partial charge in [0, 0.05) is 0 Å². The molecule has 0 unspecified atom stereocenters. The molecule has 0 spiro atoms. The van der Waals surface area contributed by atoms with Crippen molar-refractivity contribution in [3.05, 3.63) is 0 Å². The van der Waals surface area contributed by atoms with Crippen LogP contribution in [0.4, 0.5) is 0 Å². The van der Waals surface area contributed by atoms with Crippen LogP contribution in [0.15, 0.2) is 0 Å². The highest BCUT2D eigenvalue weighted by molar-refractivity contribution is 7.99. The highest BCUT2D eigenvalue weighted by Crippen LogP contribution is 2.32. The maximum atomic E-state index is 6.00. The number of rotatable bonds is 6. The van der Waals surface area contributed by atoms with E-state index in [1.807, 2.05) is 25.6 Å². The van der Waals surface area contributed by atoms with Gasteiger partial charge in [-0.1, -0.05) is 0 Å². The molecule has 1 aliphatic rings. The van der Waals surface area contributed by atoms with Gasteiger partial charge in [-0.05, 0) is 40.9 Å². The van der Waals surface area contributed by atoms with E-state index in [2.05, 4.69) is 27.0 Å². The molecule has 1 aliphatic heterocycles. The van der Waals surface area contributed by atoms with Crippen molar-refractivity contribution >= 4 is 11.8 Å². The Morgan fingerprint density at radius 3 is 2.29 bits per heavy atom. The van der Waals surface area contributed by atoms with Gasteiger partial charge in [0.15, 0.2) is 0 Å². The van der Waals surface area contributed by atoms with Crippen molar-refractivity contribution in [1.29, 1.82) is 0 Å². The lowest BCUT2D eigenvalue weighted by molar-refractivity contribution is -0.0849. The quantitative estimate of drug-likeness (QED) is 0.735. The van der Waals surface area contributed by atoms with Gasteiger partial charge in [0.1, 0.15) is 12.2 Å². The molecule has 0 bridgehead atoms. The van der Waals surface area contributed by atoms with Crippen molar-refractivity contribution in [2.45, 2.75) is 70.4 Å². The Hall–Kier alpha value is 0.230. The zero-order valence-corrected chi connectivity index (χ0v) is 12.6. The fourth-order valence-corrected chi connectivity index (χ4v) is 3.09. The molecule has 3 nitrogen and oxygen atoms in total. The molecule has 0 N–H and O–H groups in total. The summed E-state index contributed by atoms with van der Waals surface area (Å²) in [6.07, 6.45) is 3.01. The van der Waals surface area contributed by atoms with Crippen LogP contribution in [0.1, 0.15) is 34.6 Å². The fraction of sp³-hybridized carbons (Fsp3) is 1.00. The average Bonchev–Trinajstić information content (AvgIpc) is 2.51. The summed E-state index contributed by atoms with van der Waals surface area (Å²) in [5.41, 5.74) is 0. The molecule has 0 aromatic rings. The Labute approximate surface area is 110 Å². The largest absolute Gasteiger partial charge is 0.376 e. The van der Waals surface area contributed by atoms with Crippen LogP contribution < -0.4 is 0 Å². The van der Waals surface area contributed by atoms with Crippen molar-refractivity contribution in [3.8, 4) is 0 Å². The summed E-state index contributed by atoms with van der Waals surface area (Å²) < 4.78 is 17.6. The summed E-state index contributed by atoms with van der Waals surface area (Å²) in [6.45, 7) is 11.0. The maximum absolute atomic E-state index is 6.00. The second-order valence-corrected chi connectivity index (χ2v) is 6.13. The summed E-state index contributed by atoms with van der Waals surface area (Å²) >= 11 is 1.82. The van der Waals surface area contributed by atoms with E-state index >= 15 is 0 Å². The number of hydrogen-bond donors (Lipinski definition) is 0. The Kier molecular flexibility index (Phi) is 6.27. The first-order valence-electron chi connectivity index (χ1n) is 6.41. The maximum Gasteiger partial charge on any atom is 0.109 e. The van der Waals surface area contributed by atoms with Crippen LogP contribution >= 0.6 is 11.8 Å². The van der Waals surface area contributed by atoms with E-state index in [0.29, 0.717) is 11.9 Å². The van der Waals surface area contributed by atoms with Gasteiger partial charge in [0.2, 0.25) is 0 Å². The first-order valence-corrected chi connectivity index (χ1v) is 7.69. The van der Waals surface area contributed by atoms with Crippen molar-refractivity contribution in [2.24, 2.45) is 0 Å². The van der Waals surface area contributed by atoms with Crippen LogP contribution in [-0.4, -0.2) is 48.6 Å². The molecule has 0 amide bonds. The molecule has 4 atom stereocenters. The lowest BCUT2D eigenvalue weighted by Crippen LogP contribution is -2.37. The minimum absolute atomic E-state index is 0.0623. The lowest BCUT2D eigenvalue weighted by Gasteiger charge is -2.25. The molecule has 0 radical (unpaired) electrons. The van der Waals surface area contributed by atoms with E-state index in [9.17, 15) is 0 Å². The third-order valence-corrected chi connectivity index (χ3v) is 4.03. The third kappa shape index (κ3) is 4.43. The van der Waals surface area contributed by atoms with E-state index in [1.165, 1.54) is 0 Å². The highest BCUT2D eigenvalue weighted by atomic mass is 32.2. The number of thioether (sulfide) groups is 1. The van der Waals surface area contributed by atoms with Gasteiger partial charge in [-0.25, -0.2) is 0 Å². The van der Waals surface area contributed by atoms with Gasteiger partial charge in [0.25, 0.3) is 0 Å². The molecule has 1 saturated heterocycles. The molecular formula is C13H26O3S. The summed E-state index contributed by atoms with van der Waals surface area (Å²) in [4.78, 5) is 0. The molecule has 17 heavy (non-hydrogen) atoms. The summed E-state index contributed by atoms with van der Waals surface area (Å²) in [5, 5.41) is 0.401. The second kappa shape index (κ2) is 6.98. The molecule has 0 aromatic heterocycles. The SMILES string of the molecule is CS[C@@H]1[C@H](OC(C)C)[C@@H](COC(C)C)O[C@H]1C. The van der Waals surface area contributed by atoms with Crippen molar-refractivity contribution in [1.82, 2.24) is 0 Å². The summed E-state index contributed by atoms with van der Waals surface area (Å²) in [5.74, 6) is 0. The lowest BCUT2D eigenvalue weighted by atomic mass is 10.1. The number of hydrogen-bond acceptors (Lipinski definition) is 4. The van der Waals surface area contributed by atoms with Crippen molar-refractivity contribution in [3.63, 3.8) is 0 Å². The molecule has 1 heterocycles. The van der Waals surface area contributed by atoms with Gasteiger partial charge in [-0.3, -0.25) is 0 Å². The normalized spacial score (nSPS) is 33.9. The zero-order valence-electron chi connectivity index (χ0n) is 11.8. The van der Waals surface area contributed by atoms with E-state index < -0.39 is 0 Å². The van der Waals surface area contributed by atoms with Crippen LogP contribution in [0.25, 0.3) is 0 Å². The van der Waals surface area contributed by atoms with Crippen molar-refractivity contribution < 1.29 is 14.2 Å². The first-order chi connectivity index (χ1) is 7.95. The second-order valence-electron chi connectivity index (χ2n) is 5.11. The highest BCUT2D eigenvalue weighted by Gasteiger charge is 2.43. The molecule has 0 saturated carbocycles. The smallest absolute Gasteiger partial charge is 0.109 e. The van der Waals surface area contributed by atoms with Gasteiger partial charge in [-0.15, -0.1) is 0 Å². The van der Waals surface area contributed by atoms with Crippen LogP contribution in [0.2, 0.25) is 0 Å². The zero-order chi connectivity index (χ0) is 13.0. The monoisotopic (exact) mass is 262 g/mol. The topological polar surface area (TPSA) is 27.7 Å². The predicted octanol–water partition coefficient (Wildman–Crippen LogP) is 2.72. The Morgan fingerprint density at radius 1 is 1.18 bits per heavy atom. The molecule has 102 valence electrons. The van der Waals surface area contributed by atoms with E-state index in [1.54, 1.807) is 0 Å². The Balaban J connectivity index is 2.60. The van der Waals surface area contributed by atoms with Crippen molar-refractivity contribution in [2.75, 3.05) is 12.9 Å². The number of ether oxygens (including phenoxy) is 3.